The average molecular weight is 282 g/mol. The molecule has 1 aromatic carbocycles. The summed E-state index contributed by atoms with van der Waals surface area (Å²) in [6.45, 7) is 6.39. The maximum atomic E-state index is 12.5. The van der Waals surface area contributed by atoms with E-state index in [0.717, 1.165) is 24.1 Å². The van der Waals surface area contributed by atoms with Crippen molar-refractivity contribution in [2.24, 2.45) is 5.92 Å². The summed E-state index contributed by atoms with van der Waals surface area (Å²) in [6.07, 6.45) is 3.16. The lowest BCUT2D eigenvalue weighted by atomic mass is 9.85. The molecule has 1 aliphatic rings. The predicted molar refractivity (Wildman–Crippen MR) is 85.5 cm³/mol. The van der Waals surface area contributed by atoms with Crippen molar-refractivity contribution in [3.05, 3.63) is 52.1 Å². The summed E-state index contributed by atoms with van der Waals surface area (Å²) in [5, 5.41) is 0. The van der Waals surface area contributed by atoms with Crippen LogP contribution in [0.2, 0.25) is 0 Å². The van der Waals surface area contributed by atoms with Crippen molar-refractivity contribution in [2.75, 3.05) is 0 Å². The van der Waals surface area contributed by atoms with Crippen LogP contribution in [0.3, 0.4) is 0 Å². The van der Waals surface area contributed by atoms with Crippen molar-refractivity contribution in [1.82, 2.24) is 9.55 Å². The summed E-state index contributed by atoms with van der Waals surface area (Å²) >= 11 is 0. The quantitative estimate of drug-likeness (QED) is 0.843. The Labute approximate surface area is 125 Å². The zero-order valence-electron chi connectivity index (χ0n) is 13.0. The van der Waals surface area contributed by atoms with Crippen molar-refractivity contribution in [1.29, 1.82) is 0 Å². The number of benzene rings is 1. The van der Waals surface area contributed by atoms with Crippen LogP contribution in [0.25, 0.3) is 11.3 Å². The van der Waals surface area contributed by atoms with Crippen LogP contribution in [0.15, 0.2) is 35.1 Å². The van der Waals surface area contributed by atoms with Gasteiger partial charge in [-0.3, -0.25) is 4.57 Å². The Balaban J connectivity index is 2.27. The van der Waals surface area contributed by atoms with Gasteiger partial charge in [0.25, 0.3) is 0 Å². The highest BCUT2D eigenvalue weighted by atomic mass is 16.1. The highest BCUT2D eigenvalue weighted by molar-refractivity contribution is 5.64. The van der Waals surface area contributed by atoms with Crippen LogP contribution >= 0.6 is 0 Å². The second-order valence-electron chi connectivity index (χ2n) is 6.35. The summed E-state index contributed by atoms with van der Waals surface area (Å²) < 4.78 is 1.89. The molecule has 1 aliphatic carbocycles. The van der Waals surface area contributed by atoms with Crippen molar-refractivity contribution >= 4 is 0 Å². The molecule has 1 unspecified atom stereocenters. The Hall–Kier alpha value is -1.90. The molecule has 0 amide bonds. The first kappa shape index (κ1) is 14.1. The van der Waals surface area contributed by atoms with Crippen LogP contribution in [-0.2, 0) is 12.8 Å². The van der Waals surface area contributed by atoms with Gasteiger partial charge in [-0.2, -0.15) is 4.98 Å². The molecule has 1 aromatic heterocycles. The smallest absolute Gasteiger partial charge is 0.293 e. The third kappa shape index (κ3) is 2.53. The van der Waals surface area contributed by atoms with Crippen LogP contribution in [0, 0.1) is 5.92 Å². The lowest BCUT2D eigenvalue weighted by molar-refractivity contribution is 0.441. The number of hydrogen-bond donors (Lipinski definition) is 0. The van der Waals surface area contributed by atoms with Crippen LogP contribution in [-0.4, -0.2) is 9.55 Å². The fraction of sp³-hybridized carbons (Fsp3) is 0.444. The third-order valence-corrected chi connectivity index (χ3v) is 4.33. The third-order valence-electron chi connectivity index (χ3n) is 4.33. The molecule has 1 atom stereocenters. The second kappa shape index (κ2) is 5.47. The monoisotopic (exact) mass is 282 g/mol. The number of hydrogen-bond acceptors (Lipinski definition) is 2. The molecule has 2 aromatic rings. The standard InChI is InChI=1S/C18H22N2O/c1-12(2)20-16-11-13(3)9-10-15(16)17(19-18(20)21)14-7-5-4-6-8-14/h4-8,12-13H,9-11H2,1-3H3. The Morgan fingerprint density at radius 2 is 1.95 bits per heavy atom. The number of nitrogens with zero attached hydrogens (tertiary/aromatic N) is 2. The Morgan fingerprint density at radius 1 is 1.24 bits per heavy atom. The van der Waals surface area contributed by atoms with E-state index in [4.69, 9.17) is 0 Å². The Kier molecular flexibility index (Phi) is 3.66. The van der Waals surface area contributed by atoms with E-state index in [9.17, 15) is 4.79 Å². The molecule has 0 radical (unpaired) electrons. The molecule has 0 N–H and O–H groups in total. The first-order chi connectivity index (χ1) is 10.1. The molecular formula is C18H22N2O. The topological polar surface area (TPSA) is 34.9 Å². The molecule has 3 rings (SSSR count). The first-order valence-electron chi connectivity index (χ1n) is 7.77. The van der Waals surface area contributed by atoms with Crippen molar-refractivity contribution in [3.63, 3.8) is 0 Å². The van der Waals surface area contributed by atoms with E-state index in [2.05, 4.69) is 25.8 Å². The predicted octanol–water partition coefficient (Wildman–Crippen LogP) is 3.62. The van der Waals surface area contributed by atoms with E-state index in [0.29, 0.717) is 5.92 Å². The van der Waals surface area contributed by atoms with E-state index in [1.54, 1.807) is 0 Å². The highest BCUT2D eigenvalue weighted by Crippen LogP contribution is 2.31. The minimum Gasteiger partial charge on any atom is -0.293 e. The lowest BCUT2D eigenvalue weighted by Crippen LogP contribution is -2.32. The summed E-state index contributed by atoms with van der Waals surface area (Å²) in [7, 11) is 0. The lowest BCUT2D eigenvalue weighted by Gasteiger charge is -2.28. The Bertz CT molecular complexity index is 701. The van der Waals surface area contributed by atoms with Gasteiger partial charge < -0.3 is 0 Å². The van der Waals surface area contributed by atoms with Gasteiger partial charge in [0.15, 0.2) is 0 Å². The molecule has 110 valence electrons. The van der Waals surface area contributed by atoms with E-state index < -0.39 is 0 Å². The summed E-state index contributed by atoms with van der Waals surface area (Å²) in [5.74, 6) is 0.632. The molecule has 0 fully saturated rings. The first-order valence-corrected chi connectivity index (χ1v) is 7.77. The molecule has 0 saturated carbocycles. The van der Waals surface area contributed by atoms with Crippen LogP contribution < -0.4 is 5.69 Å². The van der Waals surface area contributed by atoms with Gasteiger partial charge in [-0.25, -0.2) is 4.79 Å². The molecule has 0 spiro atoms. The normalized spacial score (nSPS) is 17.8. The van der Waals surface area contributed by atoms with E-state index in [1.165, 1.54) is 17.7 Å². The molecule has 0 bridgehead atoms. The van der Waals surface area contributed by atoms with Gasteiger partial charge in [0.1, 0.15) is 0 Å². The second-order valence-corrected chi connectivity index (χ2v) is 6.35. The van der Waals surface area contributed by atoms with Crippen molar-refractivity contribution in [3.8, 4) is 11.3 Å². The van der Waals surface area contributed by atoms with E-state index in [-0.39, 0.29) is 11.7 Å². The van der Waals surface area contributed by atoms with Gasteiger partial charge >= 0.3 is 5.69 Å². The molecule has 21 heavy (non-hydrogen) atoms. The summed E-state index contributed by atoms with van der Waals surface area (Å²) in [6, 6.07) is 10.2. The van der Waals surface area contributed by atoms with Crippen molar-refractivity contribution < 1.29 is 0 Å². The largest absolute Gasteiger partial charge is 0.348 e. The summed E-state index contributed by atoms with van der Waals surface area (Å²) in [4.78, 5) is 16.9. The maximum Gasteiger partial charge on any atom is 0.348 e. The van der Waals surface area contributed by atoms with Gasteiger partial charge in [0.05, 0.1) is 5.69 Å². The van der Waals surface area contributed by atoms with Gasteiger partial charge in [-0.15, -0.1) is 0 Å². The van der Waals surface area contributed by atoms with E-state index in [1.807, 2.05) is 34.9 Å². The molecular weight excluding hydrogens is 260 g/mol. The number of aromatic nitrogens is 2. The van der Waals surface area contributed by atoms with Crippen LogP contribution in [0.4, 0.5) is 0 Å². The fourth-order valence-electron chi connectivity index (χ4n) is 3.29. The fourth-order valence-corrected chi connectivity index (χ4v) is 3.29. The minimum atomic E-state index is -0.114. The van der Waals surface area contributed by atoms with Gasteiger partial charge in [-0.05, 0) is 44.6 Å². The van der Waals surface area contributed by atoms with Crippen LogP contribution in [0.5, 0.6) is 0 Å². The minimum absolute atomic E-state index is 0.114. The van der Waals surface area contributed by atoms with Crippen LogP contribution in [0.1, 0.15) is 44.5 Å². The molecule has 0 aliphatic heterocycles. The molecule has 1 heterocycles. The van der Waals surface area contributed by atoms with Gasteiger partial charge in [-0.1, -0.05) is 37.3 Å². The number of fused-ring (bicyclic) bond motifs is 1. The zero-order valence-corrected chi connectivity index (χ0v) is 13.0. The zero-order chi connectivity index (χ0) is 15.0. The van der Waals surface area contributed by atoms with E-state index >= 15 is 0 Å². The maximum absolute atomic E-state index is 12.5. The average Bonchev–Trinajstić information content (AvgIpc) is 2.46. The van der Waals surface area contributed by atoms with Crippen molar-refractivity contribution in [2.45, 2.75) is 46.1 Å². The molecule has 0 saturated heterocycles. The van der Waals surface area contributed by atoms with Gasteiger partial charge in [0, 0.05) is 17.3 Å². The van der Waals surface area contributed by atoms with Gasteiger partial charge in [0.2, 0.25) is 0 Å². The molecule has 3 heteroatoms. The number of rotatable bonds is 2. The SMILES string of the molecule is CC1CCc2c(-c3ccccc3)nc(=O)n(C(C)C)c2C1. The summed E-state index contributed by atoms with van der Waals surface area (Å²) in [5.41, 5.74) is 4.29. The highest BCUT2D eigenvalue weighted by Gasteiger charge is 2.24. The molecule has 3 nitrogen and oxygen atoms in total. The Morgan fingerprint density at radius 3 is 2.62 bits per heavy atom.